The molecule has 0 radical (unpaired) electrons. The summed E-state index contributed by atoms with van der Waals surface area (Å²) in [7, 11) is 0. The van der Waals surface area contributed by atoms with Crippen molar-refractivity contribution in [2.75, 3.05) is 0 Å². The number of benzene rings is 1. The maximum atomic E-state index is 6.28. The van der Waals surface area contributed by atoms with E-state index in [1.54, 1.807) is 0 Å². The summed E-state index contributed by atoms with van der Waals surface area (Å²) in [5.74, 6) is 0.914. The Morgan fingerprint density at radius 3 is 2.06 bits per heavy atom. The van der Waals surface area contributed by atoms with E-state index in [9.17, 15) is 0 Å². The largest absolute Gasteiger partial charge is 0.359 e. The van der Waals surface area contributed by atoms with Crippen LogP contribution in [0.3, 0.4) is 0 Å². The van der Waals surface area contributed by atoms with E-state index in [0.717, 1.165) is 22.3 Å². The van der Waals surface area contributed by atoms with Gasteiger partial charge in [-0.1, -0.05) is 28.4 Å². The summed E-state index contributed by atoms with van der Waals surface area (Å²) in [6.45, 7) is 5.80. The second kappa shape index (κ2) is 5.12. The summed E-state index contributed by atoms with van der Waals surface area (Å²) >= 11 is 18.3. The Bertz CT molecular complexity index is 576. The van der Waals surface area contributed by atoms with E-state index < -0.39 is 0 Å². The van der Waals surface area contributed by atoms with Gasteiger partial charge in [-0.2, -0.15) is 0 Å². The third-order valence-electron chi connectivity index (χ3n) is 3.01. The average molecular weight is 305 g/mol. The fourth-order valence-electron chi connectivity index (χ4n) is 2.04. The molecule has 96 valence electrons. The van der Waals surface area contributed by atoms with E-state index in [-0.39, 0.29) is 0 Å². The van der Waals surface area contributed by atoms with Crippen LogP contribution in [0.2, 0.25) is 10.0 Å². The standard InChI is InChI=1S/C13H12Cl3NO/c1-6-11(10-4-9(5-14)18-17-10)7(2)13(16)8(3)12(6)15/h4H,5H2,1-3H3. The van der Waals surface area contributed by atoms with Crippen LogP contribution in [0.1, 0.15) is 22.5 Å². The molecule has 5 heteroatoms. The summed E-state index contributed by atoms with van der Waals surface area (Å²) in [6.07, 6.45) is 0. The third-order valence-corrected chi connectivity index (χ3v) is 4.41. The van der Waals surface area contributed by atoms with Gasteiger partial charge in [0.15, 0.2) is 5.76 Å². The second-order valence-corrected chi connectivity index (χ2v) is 5.21. The van der Waals surface area contributed by atoms with Crippen molar-refractivity contribution in [3.63, 3.8) is 0 Å². The van der Waals surface area contributed by atoms with E-state index in [4.69, 9.17) is 39.3 Å². The molecule has 0 saturated heterocycles. The zero-order valence-corrected chi connectivity index (χ0v) is 12.5. The first-order chi connectivity index (χ1) is 8.47. The van der Waals surface area contributed by atoms with Crippen LogP contribution in [0.4, 0.5) is 0 Å². The monoisotopic (exact) mass is 303 g/mol. The van der Waals surface area contributed by atoms with E-state index >= 15 is 0 Å². The molecule has 2 aromatic rings. The predicted molar refractivity (Wildman–Crippen MR) is 75.7 cm³/mol. The smallest absolute Gasteiger partial charge is 0.152 e. The maximum Gasteiger partial charge on any atom is 0.152 e. The van der Waals surface area contributed by atoms with E-state index in [1.165, 1.54) is 0 Å². The molecule has 0 aliphatic rings. The van der Waals surface area contributed by atoms with Crippen molar-refractivity contribution in [1.29, 1.82) is 0 Å². The van der Waals surface area contributed by atoms with Crippen LogP contribution >= 0.6 is 34.8 Å². The van der Waals surface area contributed by atoms with Gasteiger partial charge in [-0.05, 0) is 37.5 Å². The number of alkyl halides is 1. The van der Waals surface area contributed by atoms with Gasteiger partial charge in [0.2, 0.25) is 0 Å². The Morgan fingerprint density at radius 1 is 1.06 bits per heavy atom. The molecular formula is C13H12Cl3NO. The van der Waals surface area contributed by atoms with Crippen LogP contribution < -0.4 is 0 Å². The zero-order valence-electron chi connectivity index (χ0n) is 10.3. The minimum atomic E-state index is 0.290. The van der Waals surface area contributed by atoms with Crippen LogP contribution in [-0.4, -0.2) is 5.16 Å². The fourth-order valence-corrected chi connectivity index (χ4v) is 2.59. The lowest BCUT2D eigenvalue weighted by Gasteiger charge is -2.14. The molecule has 0 saturated carbocycles. The van der Waals surface area contributed by atoms with Crippen LogP contribution in [0.5, 0.6) is 0 Å². The zero-order chi connectivity index (χ0) is 13.4. The number of rotatable bonds is 2. The molecule has 0 N–H and O–H groups in total. The quantitative estimate of drug-likeness (QED) is 0.702. The van der Waals surface area contributed by atoms with Gasteiger partial charge in [-0.25, -0.2) is 0 Å². The van der Waals surface area contributed by atoms with Crippen LogP contribution in [-0.2, 0) is 5.88 Å². The highest BCUT2D eigenvalue weighted by atomic mass is 35.5. The first-order valence-electron chi connectivity index (χ1n) is 5.44. The summed E-state index contributed by atoms with van der Waals surface area (Å²) in [5.41, 5.74) is 4.41. The summed E-state index contributed by atoms with van der Waals surface area (Å²) < 4.78 is 5.12. The number of hydrogen-bond acceptors (Lipinski definition) is 2. The Labute approximate surface area is 121 Å². The Balaban J connectivity index is 2.71. The minimum absolute atomic E-state index is 0.290. The van der Waals surface area contributed by atoms with Gasteiger partial charge in [0.1, 0.15) is 5.69 Å². The molecule has 2 rings (SSSR count). The second-order valence-electron chi connectivity index (χ2n) is 4.19. The molecule has 0 bridgehead atoms. The van der Waals surface area contributed by atoms with E-state index in [1.807, 2.05) is 26.8 Å². The molecule has 0 amide bonds. The molecular weight excluding hydrogens is 293 g/mol. The van der Waals surface area contributed by atoms with Gasteiger partial charge in [-0.3, -0.25) is 0 Å². The van der Waals surface area contributed by atoms with Gasteiger partial charge in [-0.15, -0.1) is 11.6 Å². The number of nitrogens with zero attached hydrogens (tertiary/aromatic N) is 1. The maximum absolute atomic E-state index is 6.28. The Morgan fingerprint density at radius 2 is 1.61 bits per heavy atom. The van der Waals surface area contributed by atoms with Crippen molar-refractivity contribution in [2.24, 2.45) is 0 Å². The SMILES string of the molecule is Cc1c(Cl)c(C)c(-c2cc(CCl)on2)c(C)c1Cl. The molecule has 1 aromatic heterocycles. The molecule has 0 spiro atoms. The molecule has 1 heterocycles. The van der Waals surface area contributed by atoms with Gasteiger partial charge >= 0.3 is 0 Å². The van der Waals surface area contributed by atoms with Crippen molar-refractivity contribution in [1.82, 2.24) is 5.16 Å². The molecule has 1 aromatic carbocycles. The van der Waals surface area contributed by atoms with Crippen molar-refractivity contribution in [3.8, 4) is 11.3 Å². The normalized spacial score (nSPS) is 11.0. The van der Waals surface area contributed by atoms with Crippen molar-refractivity contribution < 1.29 is 4.52 Å². The molecule has 0 atom stereocenters. The number of halogens is 3. The summed E-state index contributed by atoms with van der Waals surface area (Å²) in [5, 5.41) is 5.34. The molecule has 2 nitrogen and oxygen atoms in total. The lowest BCUT2D eigenvalue weighted by Crippen LogP contribution is -1.94. The third kappa shape index (κ3) is 2.13. The van der Waals surface area contributed by atoms with Crippen LogP contribution in [0, 0.1) is 20.8 Å². The van der Waals surface area contributed by atoms with Crippen molar-refractivity contribution >= 4 is 34.8 Å². The average Bonchev–Trinajstić information content (AvgIpc) is 2.83. The number of hydrogen-bond donors (Lipinski definition) is 0. The van der Waals surface area contributed by atoms with Crippen LogP contribution in [0.15, 0.2) is 10.6 Å². The first-order valence-corrected chi connectivity index (χ1v) is 6.73. The summed E-state index contributed by atoms with van der Waals surface area (Å²) in [4.78, 5) is 0. The van der Waals surface area contributed by atoms with Gasteiger partial charge in [0.05, 0.1) is 5.88 Å². The fraction of sp³-hybridized carbons (Fsp3) is 0.308. The molecule has 0 fully saturated rings. The van der Waals surface area contributed by atoms with Gasteiger partial charge < -0.3 is 4.52 Å². The molecule has 0 unspecified atom stereocenters. The highest BCUT2D eigenvalue weighted by Crippen LogP contribution is 2.39. The summed E-state index contributed by atoms with van der Waals surface area (Å²) in [6, 6.07) is 1.81. The van der Waals surface area contributed by atoms with E-state index in [0.29, 0.717) is 27.4 Å². The highest BCUT2D eigenvalue weighted by molar-refractivity contribution is 6.37. The Hall–Kier alpha value is -0.700. The molecule has 0 aliphatic carbocycles. The van der Waals surface area contributed by atoms with Gasteiger partial charge in [0, 0.05) is 21.7 Å². The molecule has 18 heavy (non-hydrogen) atoms. The topological polar surface area (TPSA) is 26.0 Å². The molecule has 0 aliphatic heterocycles. The Kier molecular flexibility index (Phi) is 3.90. The van der Waals surface area contributed by atoms with Gasteiger partial charge in [0.25, 0.3) is 0 Å². The van der Waals surface area contributed by atoms with Crippen molar-refractivity contribution in [2.45, 2.75) is 26.7 Å². The first kappa shape index (κ1) is 13.7. The van der Waals surface area contributed by atoms with E-state index in [2.05, 4.69) is 5.16 Å². The minimum Gasteiger partial charge on any atom is -0.359 e. The van der Waals surface area contributed by atoms with Crippen molar-refractivity contribution in [3.05, 3.63) is 38.6 Å². The number of aromatic nitrogens is 1. The van der Waals surface area contributed by atoms with Crippen LogP contribution in [0.25, 0.3) is 11.3 Å². The highest BCUT2D eigenvalue weighted by Gasteiger charge is 2.18. The lowest BCUT2D eigenvalue weighted by atomic mass is 9.97. The predicted octanol–water partition coefficient (Wildman–Crippen LogP) is 5.31. The lowest BCUT2D eigenvalue weighted by molar-refractivity contribution is 0.396.